The van der Waals surface area contributed by atoms with Crippen molar-refractivity contribution >= 4 is 45.1 Å². The lowest BCUT2D eigenvalue weighted by molar-refractivity contribution is -0.134. The van der Waals surface area contributed by atoms with Crippen molar-refractivity contribution in [2.45, 2.75) is 67.3 Å². The van der Waals surface area contributed by atoms with E-state index in [2.05, 4.69) is 25.3 Å². The molecule has 40 heavy (non-hydrogen) atoms. The van der Waals surface area contributed by atoms with E-state index in [4.69, 9.17) is 15.3 Å². The molecule has 0 bridgehead atoms. The van der Waals surface area contributed by atoms with Gasteiger partial charge in [0.1, 0.15) is 0 Å². The maximum Gasteiger partial charge on any atom is 0.300 e. The Labute approximate surface area is 236 Å². The normalized spacial score (nSPS) is 10.6. The van der Waals surface area contributed by atoms with E-state index in [1.165, 1.54) is 6.42 Å². The number of allylic oxidation sites excluding steroid dienone is 2. The van der Waals surface area contributed by atoms with Crippen molar-refractivity contribution in [1.29, 1.82) is 5.41 Å². The van der Waals surface area contributed by atoms with Crippen LogP contribution >= 0.6 is 0 Å². The smallest absolute Gasteiger partial charge is 0.300 e. The highest BCUT2D eigenvalue weighted by atomic mass is 16.4. The Morgan fingerprint density at radius 1 is 0.900 bits per heavy atom. The maximum absolute atomic E-state index is 13.2. The number of hydrogen-bond donors (Lipinski definition) is 2. The second kappa shape index (κ2) is 15.3. The van der Waals surface area contributed by atoms with Gasteiger partial charge < -0.3 is 15.1 Å². The van der Waals surface area contributed by atoms with Crippen LogP contribution in [0.3, 0.4) is 0 Å². The Hall–Kier alpha value is -4.32. The molecule has 1 heterocycles. The van der Waals surface area contributed by atoms with Gasteiger partial charge in [-0.15, -0.1) is 0 Å². The molecule has 0 unspecified atom stereocenters. The average Bonchev–Trinajstić information content (AvgIpc) is 3.25. The van der Waals surface area contributed by atoms with Crippen LogP contribution in [0.2, 0.25) is 0 Å². The van der Waals surface area contributed by atoms with E-state index < -0.39 is 5.97 Å². The summed E-state index contributed by atoms with van der Waals surface area (Å²) in [7, 11) is 0. The number of aryl methyl sites for hydroxylation is 2. The molecule has 0 aliphatic rings. The molecule has 0 spiro atoms. The lowest BCUT2D eigenvalue weighted by atomic mass is 9.97. The zero-order chi connectivity index (χ0) is 29.8. The summed E-state index contributed by atoms with van der Waals surface area (Å²) < 4.78 is 2.19. The van der Waals surface area contributed by atoms with Crippen molar-refractivity contribution in [3.8, 4) is 0 Å². The molecule has 0 fully saturated rings. The minimum atomic E-state index is -0.833. The van der Waals surface area contributed by atoms with Gasteiger partial charge in [0.2, 0.25) is 5.78 Å². The Morgan fingerprint density at radius 2 is 1.43 bits per heavy atom. The molecule has 6 nitrogen and oxygen atoms in total. The number of benzene rings is 3. The minimum Gasteiger partial charge on any atom is -0.481 e. The highest BCUT2D eigenvalue weighted by molar-refractivity contribution is 6.45. The third kappa shape index (κ3) is 7.85. The lowest BCUT2D eigenvalue weighted by Crippen LogP contribution is -2.12. The quantitative estimate of drug-likeness (QED) is 0.133. The zero-order valence-corrected chi connectivity index (χ0v) is 24.4. The van der Waals surface area contributed by atoms with Crippen molar-refractivity contribution in [2.24, 2.45) is 0 Å². The summed E-state index contributed by atoms with van der Waals surface area (Å²) >= 11 is 0. The largest absolute Gasteiger partial charge is 0.481 e. The fourth-order valence-electron chi connectivity index (χ4n) is 4.39. The fraction of sp³-hybridized carbons (Fsp3) is 0.294. The van der Waals surface area contributed by atoms with Gasteiger partial charge in [0.15, 0.2) is 5.78 Å². The minimum absolute atomic E-state index is 0.00890. The Bertz CT molecular complexity index is 1540. The monoisotopic (exact) mass is 540 g/mol. The SMILES string of the molecule is C/C=C/CCC(=N)C(=O)c1ccc2c(c1)c1cc(C(=O)c3ccccc3C)ccc1n2CC.CC(=O)O.CCC. The molecule has 0 radical (unpaired) electrons. The van der Waals surface area contributed by atoms with E-state index in [1.807, 2.05) is 80.6 Å². The molecule has 0 aliphatic heterocycles. The summed E-state index contributed by atoms with van der Waals surface area (Å²) in [6.45, 7) is 12.1. The molecule has 4 rings (SSSR count). The van der Waals surface area contributed by atoms with Crippen molar-refractivity contribution in [1.82, 2.24) is 4.57 Å². The van der Waals surface area contributed by atoms with Gasteiger partial charge >= 0.3 is 0 Å². The van der Waals surface area contributed by atoms with Gasteiger partial charge in [-0.3, -0.25) is 14.4 Å². The van der Waals surface area contributed by atoms with Crippen LogP contribution in [0.1, 0.15) is 85.7 Å². The number of ketones is 2. The van der Waals surface area contributed by atoms with Gasteiger partial charge in [0.05, 0.1) is 5.71 Å². The number of fused-ring (bicyclic) bond motifs is 3. The standard InChI is InChI=1S/C29H28N2O2.C3H8.C2H4O2/c1-4-6-7-12-25(30)29(33)21-14-16-27-24(18-21)23-17-20(13-15-26(23)31(27)5-2)28(32)22-11-9-8-10-19(22)3;1-3-2;1-2(3)4/h4,6,8-11,13-18,30H,5,7,12H2,1-3H3;3H2,1-2H3;1H3,(H,3,4)/b6-4+,30-25?;;. The van der Waals surface area contributed by atoms with Crippen molar-refractivity contribution in [3.63, 3.8) is 0 Å². The Kier molecular flexibility index (Phi) is 12.2. The van der Waals surface area contributed by atoms with Crippen LogP contribution in [0.25, 0.3) is 21.8 Å². The van der Waals surface area contributed by atoms with E-state index >= 15 is 0 Å². The number of carbonyl (C=O) groups is 3. The maximum atomic E-state index is 13.2. The van der Waals surface area contributed by atoms with Crippen LogP contribution < -0.4 is 0 Å². The van der Waals surface area contributed by atoms with Crippen molar-refractivity contribution < 1.29 is 19.5 Å². The Morgan fingerprint density at radius 3 is 1.95 bits per heavy atom. The first kappa shape index (κ1) is 31.9. The first-order chi connectivity index (χ1) is 19.1. The highest BCUT2D eigenvalue weighted by Crippen LogP contribution is 2.31. The molecule has 0 saturated heterocycles. The second-order valence-corrected chi connectivity index (χ2v) is 9.49. The fourth-order valence-corrected chi connectivity index (χ4v) is 4.39. The van der Waals surface area contributed by atoms with Crippen LogP contribution in [-0.4, -0.2) is 32.9 Å². The number of carbonyl (C=O) groups excluding carboxylic acids is 2. The average molecular weight is 541 g/mol. The van der Waals surface area contributed by atoms with Crippen LogP contribution in [0.4, 0.5) is 0 Å². The molecule has 0 saturated carbocycles. The first-order valence-corrected chi connectivity index (χ1v) is 13.7. The number of carboxylic acids is 1. The highest BCUT2D eigenvalue weighted by Gasteiger charge is 2.18. The van der Waals surface area contributed by atoms with Gasteiger partial charge in [-0.25, -0.2) is 0 Å². The van der Waals surface area contributed by atoms with Gasteiger partial charge in [-0.2, -0.15) is 0 Å². The van der Waals surface area contributed by atoms with Gasteiger partial charge in [-0.1, -0.05) is 56.7 Å². The third-order valence-electron chi connectivity index (χ3n) is 6.17. The first-order valence-electron chi connectivity index (χ1n) is 13.7. The van der Waals surface area contributed by atoms with Gasteiger partial charge in [0, 0.05) is 52.0 Å². The zero-order valence-electron chi connectivity index (χ0n) is 24.4. The summed E-state index contributed by atoms with van der Waals surface area (Å²) in [4.78, 5) is 35.1. The van der Waals surface area contributed by atoms with Crippen molar-refractivity contribution in [2.75, 3.05) is 0 Å². The molecule has 4 aromatic rings. The number of aromatic nitrogens is 1. The van der Waals surface area contributed by atoms with Gasteiger partial charge in [-0.05, 0) is 75.6 Å². The summed E-state index contributed by atoms with van der Waals surface area (Å²) in [6, 6.07) is 19.0. The molecule has 3 aromatic carbocycles. The number of hydrogen-bond acceptors (Lipinski definition) is 4. The van der Waals surface area contributed by atoms with E-state index in [0.717, 1.165) is 40.8 Å². The number of aliphatic carboxylic acids is 1. The summed E-state index contributed by atoms with van der Waals surface area (Å²) in [5.74, 6) is -1.09. The van der Waals surface area contributed by atoms with Crippen molar-refractivity contribution in [3.05, 3.63) is 95.1 Å². The number of Topliss-reactive ketones (excluding diaryl/α,β-unsaturated/α-hetero) is 1. The topological polar surface area (TPSA) is 100 Å². The van der Waals surface area contributed by atoms with Crippen LogP contribution in [0.5, 0.6) is 0 Å². The number of rotatable bonds is 8. The molecule has 0 atom stereocenters. The number of nitrogens with one attached hydrogen (secondary N) is 1. The predicted molar refractivity (Wildman–Crippen MR) is 165 cm³/mol. The van der Waals surface area contributed by atoms with Gasteiger partial charge in [0.25, 0.3) is 5.97 Å². The van der Waals surface area contributed by atoms with Crippen LogP contribution in [-0.2, 0) is 11.3 Å². The Balaban J connectivity index is 0.000000722. The van der Waals surface area contributed by atoms with Crippen LogP contribution in [0, 0.1) is 12.3 Å². The van der Waals surface area contributed by atoms with E-state index in [-0.39, 0.29) is 17.3 Å². The number of nitrogens with zero attached hydrogens (tertiary/aromatic N) is 1. The molecule has 6 heteroatoms. The number of carboxylic acid groups (broad SMARTS) is 1. The lowest BCUT2D eigenvalue weighted by Gasteiger charge is -2.06. The van der Waals surface area contributed by atoms with Crippen LogP contribution in [0.15, 0.2) is 72.8 Å². The molecule has 210 valence electrons. The molecule has 0 aliphatic carbocycles. The third-order valence-corrected chi connectivity index (χ3v) is 6.17. The molecule has 2 N–H and O–H groups in total. The molecule has 1 aromatic heterocycles. The molecular formula is C34H40N2O4. The molecular weight excluding hydrogens is 500 g/mol. The van der Waals surface area contributed by atoms with E-state index in [0.29, 0.717) is 29.5 Å². The summed E-state index contributed by atoms with van der Waals surface area (Å²) in [5, 5.41) is 17.5. The predicted octanol–water partition coefficient (Wildman–Crippen LogP) is 8.42. The second-order valence-electron chi connectivity index (χ2n) is 9.49. The van der Waals surface area contributed by atoms with E-state index in [1.54, 1.807) is 6.07 Å². The van der Waals surface area contributed by atoms with E-state index in [9.17, 15) is 9.59 Å². The molecule has 0 amide bonds. The summed E-state index contributed by atoms with van der Waals surface area (Å²) in [6.07, 6.45) is 6.25. The summed E-state index contributed by atoms with van der Waals surface area (Å²) in [5.41, 5.74) is 4.94.